The largest absolute Gasteiger partial charge is 0.490 e. The van der Waals surface area contributed by atoms with Gasteiger partial charge in [-0.25, -0.2) is 18.5 Å². The van der Waals surface area contributed by atoms with Crippen LogP contribution < -0.4 is 5.32 Å². The Morgan fingerprint density at radius 3 is 2.24 bits per heavy atom. The van der Waals surface area contributed by atoms with E-state index in [1.165, 1.54) is 4.14 Å². The molecule has 1 saturated heterocycles. The van der Waals surface area contributed by atoms with Crippen molar-refractivity contribution in [2.75, 3.05) is 6.61 Å². The van der Waals surface area contributed by atoms with Crippen LogP contribution in [0.1, 0.15) is 0 Å². The van der Waals surface area contributed by atoms with E-state index in [2.05, 4.69) is 13.1 Å². The number of urea groups is 1. The van der Waals surface area contributed by atoms with Gasteiger partial charge in [0.05, 0.1) is 6.61 Å². The zero-order chi connectivity index (χ0) is 22.2. The van der Waals surface area contributed by atoms with E-state index in [1.54, 1.807) is 0 Å². The maximum Gasteiger partial charge on any atom is 0.490 e. The van der Waals surface area contributed by atoms with E-state index in [-0.39, 0.29) is 0 Å². The molecule has 0 aromatic carbocycles. The highest BCUT2D eigenvalue weighted by Gasteiger charge is 2.49. The predicted molar refractivity (Wildman–Crippen MR) is 96.3 cm³/mol. The van der Waals surface area contributed by atoms with E-state index in [9.17, 15) is 38.4 Å². The van der Waals surface area contributed by atoms with Crippen LogP contribution in [0.5, 0.6) is 0 Å². The fraction of sp³-hybridized carbons (Fsp3) is 0.625. The van der Waals surface area contributed by atoms with E-state index in [1.807, 2.05) is 5.32 Å². The summed E-state index contributed by atoms with van der Waals surface area (Å²) in [5, 5.41) is 21.9. The summed E-state index contributed by atoms with van der Waals surface area (Å²) in [6.07, 6.45) is -6.50. The van der Waals surface area contributed by atoms with E-state index < -0.39 is 85.3 Å². The summed E-state index contributed by atoms with van der Waals surface area (Å²) in [5.74, 6) is 0. The molecule has 2 aliphatic rings. The van der Waals surface area contributed by atoms with Gasteiger partial charge in [0.2, 0.25) is 0 Å². The van der Waals surface area contributed by atoms with Crippen LogP contribution in [0.4, 0.5) is 9.59 Å². The Balaban J connectivity index is 2.00. The zero-order valence-electron chi connectivity index (χ0n) is 13.6. The lowest BCUT2D eigenvalue weighted by Crippen LogP contribution is -2.52. The van der Waals surface area contributed by atoms with Crippen molar-refractivity contribution in [3.8, 4) is 0 Å². The van der Waals surface area contributed by atoms with Crippen LogP contribution in [0.15, 0.2) is 0 Å². The second-order valence-corrected chi connectivity index (χ2v) is 11.8. The quantitative estimate of drug-likeness (QED) is 0.0738. The highest BCUT2D eigenvalue weighted by molar-refractivity contribution is 14.2. The summed E-state index contributed by atoms with van der Waals surface area (Å²) in [6.45, 7) is -1.03. The van der Waals surface area contributed by atoms with Crippen molar-refractivity contribution in [2.45, 2.75) is 24.5 Å². The van der Waals surface area contributed by atoms with Crippen LogP contribution in [0.2, 0.25) is 0 Å². The monoisotopic (exact) mass is 598 g/mol. The number of amides is 3. The predicted octanol–water partition coefficient (Wildman–Crippen LogP) is -1.35. The van der Waals surface area contributed by atoms with Gasteiger partial charge in [-0.1, -0.05) is 0 Å². The third-order valence-electron chi connectivity index (χ3n) is 3.12. The topological polar surface area (TPSA) is 259 Å². The number of ether oxygens (including phenoxy) is 1. The number of hydrogen-bond donors (Lipinski definition) is 7. The molecule has 2 heterocycles. The number of aliphatic hydroxyl groups excluding tert-OH is 2. The molecular weight excluding hydrogens is 584 g/mol. The minimum Gasteiger partial charge on any atom is -0.387 e. The first-order valence-electron chi connectivity index (χ1n) is 7.00. The van der Waals surface area contributed by atoms with Crippen LogP contribution in [-0.2, 0) is 31.6 Å². The van der Waals surface area contributed by atoms with Gasteiger partial charge >= 0.3 is 29.5 Å². The van der Waals surface area contributed by atoms with Gasteiger partial charge in [-0.2, -0.15) is 8.62 Å². The molecule has 0 saturated carbocycles. The number of imide groups is 1. The van der Waals surface area contributed by atoms with E-state index in [0.29, 0.717) is 0 Å². The molecule has 2 aliphatic heterocycles. The SMILES string of the molecule is O=C1NC(=O)N([C@@H]2O[C@H](COP(=O)(O)OP(=O)(O)OP(=O)(O)O)[C@@H](O)[C@H]2O)C=I1. The second kappa shape index (κ2) is 9.13. The van der Waals surface area contributed by atoms with E-state index in [0.717, 1.165) is 4.90 Å². The molecule has 2 unspecified atom stereocenters. The Morgan fingerprint density at radius 2 is 1.69 bits per heavy atom. The Hall–Kier alpha value is -0.170. The Labute approximate surface area is 170 Å². The van der Waals surface area contributed by atoms with Crippen molar-refractivity contribution < 1.29 is 71.0 Å². The van der Waals surface area contributed by atoms with Gasteiger partial charge in [-0.15, -0.1) is 0 Å². The number of carbonyl (C=O) groups excluding carboxylic acids is 2. The first-order valence-corrected chi connectivity index (χ1v) is 13.8. The highest BCUT2D eigenvalue weighted by Crippen LogP contribution is 2.66. The standard InChI is InChI=1S/C8H14IN2O15P3/c12-4-3(1-23-28(19,20)26-29(21,22)25-27(16,17)18)24-6(5(4)13)11-2-9-7(14)10-8(11)15/h2-6,12-13H,1H2,(H,19,20)(H,21,22)(H,10,14,15)(H2,16,17,18)/t3-,4-,5-,6-/m1/s1. The van der Waals surface area contributed by atoms with Crippen LogP contribution >= 0.6 is 44.2 Å². The van der Waals surface area contributed by atoms with Crippen LogP contribution in [0.3, 0.4) is 0 Å². The molecule has 21 heteroatoms. The lowest BCUT2D eigenvalue weighted by Gasteiger charge is -2.28. The van der Waals surface area contributed by atoms with Gasteiger partial charge in [-0.05, 0) is 0 Å². The smallest absolute Gasteiger partial charge is 0.387 e. The van der Waals surface area contributed by atoms with Crippen molar-refractivity contribution in [1.82, 2.24) is 10.2 Å². The summed E-state index contributed by atoms with van der Waals surface area (Å²) in [4.78, 5) is 59.0. The minimum atomic E-state index is -5.72. The van der Waals surface area contributed by atoms with Crippen molar-refractivity contribution >= 4 is 58.3 Å². The fourth-order valence-corrected chi connectivity index (χ4v) is 6.60. The number of phosphoric acid groups is 3. The first kappa shape index (κ1) is 25.1. The molecule has 6 atom stereocenters. The summed E-state index contributed by atoms with van der Waals surface area (Å²) in [6, 6.07) is -0.939. The van der Waals surface area contributed by atoms with Crippen LogP contribution in [0.25, 0.3) is 0 Å². The highest BCUT2D eigenvalue weighted by atomic mass is 127. The van der Waals surface area contributed by atoms with Crippen molar-refractivity contribution in [2.24, 2.45) is 0 Å². The number of phosphoric ester groups is 1. The van der Waals surface area contributed by atoms with Crippen molar-refractivity contribution in [3.05, 3.63) is 0 Å². The molecule has 0 aliphatic carbocycles. The van der Waals surface area contributed by atoms with Gasteiger partial charge < -0.3 is 34.5 Å². The zero-order valence-corrected chi connectivity index (χ0v) is 18.5. The molecule has 0 aromatic heterocycles. The first-order chi connectivity index (χ1) is 13.1. The maximum atomic E-state index is 11.8. The van der Waals surface area contributed by atoms with Gasteiger partial charge in [0.15, 0.2) is 6.23 Å². The van der Waals surface area contributed by atoms with Crippen LogP contribution in [0, 0.1) is 0 Å². The molecule has 3 amide bonds. The molecule has 17 nitrogen and oxygen atoms in total. The molecule has 7 N–H and O–H groups in total. The molecule has 168 valence electrons. The third kappa shape index (κ3) is 7.19. The van der Waals surface area contributed by atoms with Gasteiger partial charge in [0.1, 0.15) is 18.3 Å². The van der Waals surface area contributed by atoms with E-state index >= 15 is 0 Å². The normalized spacial score (nSPS) is 32.3. The molecule has 1 fully saturated rings. The van der Waals surface area contributed by atoms with Crippen LogP contribution in [-0.4, -0.2) is 79.9 Å². The molecule has 29 heavy (non-hydrogen) atoms. The van der Waals surface area contributed by atoms with E-state index in [4.69, 9.17) is 19.4 Å². The average molecular weight is 598 g/mol. The van der Waals surface area contributed by atoms with Gasteiger partial charge in [-0.3, -0.25) is 19.5 Å². The molecule has 0 aromatic rings. The number of aliphatic hydroxyl groups is 2. The summed E-state index contributed by atoms with van der Waals surface area (Å²) in [7, 11) is -16.7. The van der Waals surface area contributed by atoms with Gasteiger partial charge in [0.25, 0.3) is 3.91 Å². The third-order valence-corrected chi connectivity index (χ3v) is 8.64. The number of hydrogen-bond acceptors (Lipinski definition) is 11. The van der Waals surface area contributed by atoms with Crippen molar-refractivity contribution in [1.29, 1.82) is 0 Å². The lowest BCUT2D eigenvalue weighted by atomic mass is 10.1. The maximum absolute atomic E-state index is 11.8. The number of nitrogens with one attached hydrogen (secondary N) is 1. The number of rotatable bonds is 8. The number of halogens is 1. The Morgan fingerprint density at radius 1 is 1.07 bits per heavy atom. The summed E-state index contributed by atoms with van der Waals surface area (Å²) < 4.78 is 50.6. The van der Waals surface area contributed by atoms with Gasteiger partial charge in [0, 0.05) is 24.9 Å². The summed E-state index contributed by atoms with van der Waals surface area (Å²) in [5.41, 5.74) is 0. The Bertz CT molecular complexity index is 843. The van der Waals surface area contributed by atoms with Crippen molar-refractivity contribution in [3.63, 3.8) is 0 Å². The lowest BCUT2D eigenvalue weighted by molar-refractivity contribution is -0.0555. The average Bonchev–Trinajstić information content (AvgIpc) is 2.78. The summed E-state index contributed by atoms with van der Waals surface area (Å²) >= 11 is -1.25. The minimum absolute atomic E-state index is 0.512. The molecule has 0 bridgehead atoms. The number of carbonyl (C=O) groups is 2. The molecular formula is C8H14IN2O15P3. The Kier molecular flexibility index (Phi) is 7.90. The molecule has 0 radical (unpaired) electrons. The molecule has 0 spiro atoms. The number of nitrogens with zero attached hydrogens (tertiary/aromatic N) is 1. The fourth-order valence-electron chi connectivity index (χ4n) is 2.06. The second-order valence-electron chi connectivity index (χ2n) is 5.25. The molecule has 2 rings (SSSR count).